The third-order valence-corrected chi connectivity index (χ3v) is 2.89. The highest BCUT2D eigenvalue weighted by Gasteiger charge is 2.21. The molecule has 1 aromatic heterocycles. The fourth-order valence-corrected chi connectivity index (χ4v) is 2.11. The molecule has 1 saturated heterocycles. The number of piperidine rings is 1. The molecule has 90 valence electrons. The molecule has 2 unspecified atom stereocenters. The van der Waals surface area contributed by atoms with Crippen molar-refractivity contribution < 1.29 is 22.0 Å². The molecule has 3 nitrogen and oxygen atoms in total. The first-order valence-electron chi connectivity index (χ1n) is 5.34. The van der Waals surface area contributed by atoms with Gasteiger partial charge in [-0.1, -0.05) is 17.7 Å². The van der Waals surface area contributed by atoms with Crippen LogP contribution in [0.25, 0.3) is 0 Å². The van der Waals surface area contributed by atoms with Crippen LogP contribution in [0.1, 0.15) is 12.8 Å². The second-order valence-electron chi connectivity index (χ2n) is 4.09. The van der Waals surface area contributed by atoms with Crippen LogP contribution in [0.2, 0.25) is 5.15 Å². The van der Waals surface area contributed by atoms with E-state index in [0.717, 1.165) is 13.0 Å². The van der Waals surface area contributed by atoms with E-state index in [-0.39, 0.29) is 18.5 Å². The van der Waals surface area contributed by atoms with E-state index in [9.17, 15) is 0 Å². The van der Waals surface area contributed by atoms with Crippen molar-refractivity contribution in [1.82, 2.24) is 4.98 Å². The Morgan fingerprint density at radius 2 is 2.31 bits per heavy atom. The Morgan fingerprint density at radius 3 is 3.00 bits per heavy atom. The zero-order chi connectivity index (χ0) is 10.7. The first-order chi connectivity index (χ1) is 7.24. The van der Waals surface area contributed by atoms with Gasteiger partial charge in [-0.2, -0.15) is 0 Å². The molecule has 1 aliphatic rings. The average molecular weight is 263 g/mol. The number of likely N-dealkylation sites (N-methyl/N-ethyl adjacent to an activating group) is 1. The second kappa shape index (κ2) is 6.28. The normalized spacial score (nSPS) is 24.6. The summed E-state index contributed by atoms with van der Waals surface area (Å²) in [6, 6.07) is 5.48. The van der Waals surface area contributed by atoms with Gasteiger partial charge in [-0.25, -0.2) is 4.98 Å². The maximum atomic E-state index is 5.79. The number of hydrogen-bond acceptors (Lipinski definition) is 2. The minimum Gasteiger partial charge on any atom is -1.00 e. The first kappa shape index (κ1) is 13.6. The minimum atomic E-state index is 0. The molecule has 0 bridgehead atoms. The van der Waals surface area contributed by atoms with Gasteiger partial charge in [0.25, 0.3) is 0 Å². The molecule has 5 heteroatoms. The molecule has 1 N–H and O–H groups in total. The van der Waals surface area contributed by atoms with Gasteiger partial charge in [0.2, 0.25) is 5.88 Å². The second-order valence-corrected chi connectivity index (χ2v) is 4.48. The molecule has 1 aromatic rings. The Hall–Kier alpha value is -0.510. The summed E-state index contributed by atoms with van der Waals surface area (Å²) in [7, 11) is 2.20. The van der Waals surface area contributed by atoms with Crippen LogP contribution in [-0.2, 0) is 0 Å². The molecule has 0 aromatic carbocycles. The molecular formula is C11H16Cl2N2O. The van der Waals surface area contributed by atoms with Crippen molar-refractivity contribution >= 4 is 11.6 Å². The lowest BCUT2D eigenvalue weighted by Crippen LogP contribution is -3.11. The van der Waals surface area contributed by atoms with E-state index in [1.165, 1.54) is 17.9 Å². The lowest BCUT2D eigenvalue weighted by Gasteiger charge is -2.26. The lowest BCUT2D eigenvalue weighted by molar-refractivity contribution is -0.887. The molecule has 1 aliphatic heterocycles. The zero-order valence-corrected chi connectivity index (χ0v) is 10.8. The van der Waals surface area contributed by atoms with Crippen molar-refractivity contribution in [2.24, 2.45) is 0 Å². The molecule has 1 fully saturated rings. The summed E-state index contributed by atoms with van der Waals surface area (Å²) in [5.74, 6) is 0.641. The predicted octanol–water partition coefficient (Wildman–Crippen LogP) is -2.21. The Bertz CT molecular complexity index is 336. The van der Waals surface area contributed by atoms with Gasteiger partial charge in [-0.05, 0) is 12.5 Å². The molecular weight excluding hydrogens is 247 g/mol. The molecule has 2 rings (SSSR count). The van der Waals surface area contributed by atoms with Crippen LogP contribution in [0.3, 0.4) is 0 Å². The number of rotatable bonds is 2. The average Bonchev–Trinajstić information content (AvgIpc) is 2.17. The van der Waals surface area contributed by atoms with Gasteiger partial charge < -0.3 is 22.0 Å². The van der Waals surface area contributed by atoms with Crippen molar-refractivity contribution in [2.45, 2.75) is 18.9 Å². The van der Waals surface area contributed by atoms with Crippen molar-refractivity contribution in [2.75, 3.05) is 20.1 Å². The van der Waals surface area contributed by atoms with Gasteiger partial charge in [-0.15, -0.1) is 0 Å². The van der Waals surface area contributed by atoms with Crippen molar-refractivity contribution in [3.05, 3.63) is 23.4 Å². The molecule has 0 saturated carbocycles. The third-order valence-electron chi connectivity index (χ3n) is 2.68. The van der Waals surface area contributed by atoms with Crippen LogP contribution in [0.5, 0.6) is 5.88 Å². The number of hydrogen-bond donors (Lipinski definition) is 1. The smallest absolute Gasteiger partial charge is 0.215 e. The van der Waals surface area contributed by atoms with Crippen LogP contribution in [0.4, 0.5) is 0 Å². The van der Waals surface area contributed by atoms with Gasteiger partial charge in [-0.3, -0.25) is 0 Å². The van der Waals surface area contributed by atoms with Crippen LogP contribution >= 0.6 is 11.6 Å². The van der Waals surface area contributed by atoms with Crippen LogP contribution in [-0.4, -0.2) is 31.2 Å². The van der Waals surface area contributed by atoms with E-state index in [1.807, 2.05) is 12.1 Å². The fourth-order valence-electron chi connectivity index (χ4n) is 1.95. The number of aromatic nitrogens is 1. The number of quaternary nitrogens is 1. The summed E-state index contributed by atoms with van der Waals surface area (Å²) in [6.07, 6.45) is 2.62. The standard InChI is InChI=1S/C11H15ClN2O.ClH/c1-14-7-3-4-9(8-14)15-11-6-2-5-10(12)13-11;/h2,5-6,9H,3-4,7-8H2,1H3;1H. The van der Waals surface area contributed by atoms with Crippen LogP contribution in [0.15, 0.2) is 18.2 Å². The summed E-state index contributed by atoms with van der Waals surface area (Å²) in [5, 5.41) is 0.490. The van der Waals surface area contributed by atoms with E-state index in [1.54, 1.807) is 6.07 Å². The summed E-state index contributed by atoms with van der Waals surface area (Å²) in [5.41, 5.74) is 0. The zero-order valence-electron chi connectivity index (χ0n) is 9.25. The van der Waals surface area contributed by atoms with Gasteiger partial charge in [0.15, 0.2) is 0 Å². The highest BCUT2D eigenvalue weighted by atomic mass is 35.5. The summed E-state index contributed by atoms with van der Waals surface area (Å²) >= 11 is 5.79. The van der Waals surface area contributed by atoms with Crippen LogP contribution in [0, 0.1) is 0 Å². The Morgan fingerprint density at radius 1 is 1.50 bits per heavy atom. The van der Waals surface area contributed by atoms with Gasteiger partial charge in [0.05, 0.1) is 13.6 Å². The largest absolute Gasteiger partial charge is 1.00 e. The first-order valence-corrected chi connectivity index (χ1v) is 5.72. The molecule has 16 heavy (non-hydrogen) atoms. The van der Waals surface area contributed by atoms with Gasteiger partial charge in [0, 0.05) is 12.5 Å². The highest BCUT2D eigenvalue weighted by Crippen LogP contribution is 2.14. The minimum absolute atomic E-state index is 0. The monoisotopic (exact) mass is 262 g/mol. The molecule has 2 atom stereocenters. The number of nitrogens with zero attached hydrogens (tertiary/aromatic N) is 1. The van der Waals surface area contributed by atoms with E-state index in [4.69, 9.17) is 16.3 Å². The van der Waals surface area contributed by atoms with Crippen molar-refractivity contribution in [1.29, 1.82) is 0 Å². The van der Waals surface area contributed by atoms with Crippen molar-refractivity contribution in [3.63, 3.8) is 0 Å². The molecule has 2 heterocycles. The van der Waals surface area contributed by atoms with Crippen molar-refractivity contribution in [3.8, 4) is 5.88 Å². The lowest BCUT2D eigenvalue weighted by atomic mass is 10.1. The molecule has 0 spiro atoms. The fraction of sp³-hybridized carbons (Fsp3) is 0.545. The predicted molar refractivity (Wildman–Crippen MR) is 59.5 cm³/mol. The third kappa shape index (κ3) is 3.81. The van der Waals surface area contributed by atoms with E-state index in [0.29, 0.717) is 11.0 Å². The van der Waals surface area contributed by atoms with E-state index in [2.05, 4.69) is 12.0 Å². The number of nitrogens with one attached hydrogen (secondary N) is 1. The van der Waals surface area contributed by atoms with Gasteiger partial charge >= 0.3 is 0 Å². The SMILES string of the molecule is C[NH+]1CCCC(Oc2cccc(Cl)n2)C1.[Cl-]. The van der Waals surface area contributed by atoms with Crippen LogP contribution < -0.4 is 22.0 Å². The number of pyridine rings is 1. The summed E-state index contributed by atoms with van der Waals surface area (Å²) in [4.78, 5) is 5.65. The summed E-state index contributed by atoms with van der Waals surface area (Å²) in [6.45, 7) is 2.29. The quantitative estimate of drug-likeness (QED) is 0.613. The Kier molecular flexibility index (Phi) is 5.32. The highest BCUT2D eigenvalue weighted by molar-refractivity contribution is 6.29. The maximum Gasteiger partial charge on any atom is 0.215 e. The molecule has 0 radical (unpaired) electrons. The van der Waals surface area contributed by atoms with E-state index < -0.39 is 0 Å². The Balaban J connectivity index is 0.00000128. The summed E-state index contributed by atoms with van der Waals surface area (Å²) < 4.78 is 5.79. The molecule has 0 amide bonds. The van der Waals surface area contributed by atoms with E-state index >= 15 is 0 Å². The topological polar surface area (TPSA) is 26.6 Å². The maximum absolute atomic E-state index is 5.79. The number of halogens is 2. The molecule has 0 aliphatic carbocycles. The number of likely N-dealkylation sites (tertiary alicyclic amines) is 1. The Labute approximate surface area is 107 Å². The number of ether oxygens (including phenoxy) is 1. The van der Waals surface area contributed by atoms with Gasteiger partial charge in [0.1, 0.15) is 17.8 Å².